The molecule has 0 saturated heterocycles. The molecule has 4 aromatic carbocycles. The molecule has 4 rings (SSSR count). The molecule has 0 radical (unpaired) electrons. The summed E-state index contributed by atoms with van der Waals surface area (Å²) < 4.78 is 42.5. The average molecular weight is 564 g/mol. The first-order valence-electron chi connectivity index (χ1n) is 12.3. The van der Waals surface area contributed by atoms with Crippen LogP contribution in [0.25, 0.3) is 0 Å². The number of aryl methyl sites for hydroxylation is 1. The van der Waals surface area contributed by atoms with Crippen molar-refractivity contribution in [2.24, 2.45) is 0 Å². The SMILES string of the molecule is Cc1cc(CSc2ccccc2)ccc1NC(=O)c1ccc(CN(c2ccccc2F)S(=O)(=O)N(C)C)cc1. The van der Waals surface area contributed by atoms with Crippen LogP contribution in [0.2, 0.25) is 0 Å². The summed E-state index contributed by atoms with van der Waals surface area (Å²) in [5.41, 5.74) is 3.83. The van der Waals surface area contributed by atoms with Crippen molar-refractivity contribution >= 4 is 39.3 Å². The van der Waals surface area contributed by atoms with Gasteiger partial charge in [-0.15, -0.1) is 11.8 Å². The summed E-state index contributed by atoms with van der Waals surface area (Å²) in [5, 5.41) is 2.95. The fraction of sp³-hybridized carbons (Fsp3) is 0.167. The summed E-state index contributed by atoms with van der Waals surface area (Å²) >= 11 is 1.75. The van der Waals surface area contributed by atoms with Gasteiger partial charge < -0.3 is 5.32 Å². The normalized spacial score (nSPS) is 11.4. The zero-order valence-electron chi connectivity index (χ0n) is 22.0. The molecular formula is C30H30FN3O3S2. The van der Waals surface area contributed by atoms with Crippen LogP contribution in [-0.4, -0.2) is 32.7 Å². The summed E-state index contributed by atoms with van der Waals surface area (Å²) in [6.07, 6.45) is 0. The molecule has 39 heavy (non-hydrogen) atoms. The highest BCUT2D eigenvalue weighted by Crippen LogP contribution is 2.27. The summed E-state index contributed by atoms with van der Waals surface area (Å²) in [4.78, 5) is 14.1. The van der Waals surface area contributed by atoms with Gasteiger partial charge in [-0.3, -0.25) is 9.10 Å². The molecule has 1 amide bonds. The van der Waals surface area contributed by atoms with E-state index in [0.717, 1.165) is 31.2 Å². The Morgan fingerprint density at radius 1 is 0.872 bits per heavy atom. The van der Waals surface area contributed by atoms with E-state index < -0.39 is 16.0 Å². The van der Waals surface area contributed by atoms with Crippen molar-refractivity contribution < 1.29 is 17.6 Å². The Bertz CT molecular complexity index is 1540. The van der Waals surface area contributed by atoms with Gasteiger partial charge in [0.25, 0.3) is 5.91 Å². The number of nitrogens with zero attached hydrogens (tertiary/aromatic N) is 2. The maximum absolute atomic E-state index is 14.5. The number of anilines is 2. The highest BCUT2D eigenvalue weighted by atomic mass is 32.2. The van der Waals surface area contributed by atoms with E-state index in [4.69, 9.17) is 0 Å². The molecule has 0 aliphatic carbocycles. The highest BCUT2D eigenvalue weighted by Gasteiger charge is 2.27. The Kier molecular flexibility index (Phi) is 9.06. The van der Waals surface area contributed by atoms with Crippen LogP contribution >= 0.6 is 11.8 Å². The van der Waals surface area contributed by atoms with Crippen molar-refractivity contribution in [3.05, 3.63) is 125 Å². The van der Waals surface area contributed by atoms with Crippen molar-refractivity contribution in [2.75, 3.05) is 23.7 Å². The molecular weight excluding hydrogens is 533 g/mol. The summed E-state index contributed by atoms with van der Waals surface area (Å²) in [5.74, 6) is -0.0875. The van der Waals surface area contributed by atoms with E-state index in [1.807, 2.05) is 37.3 Å². The van der Waals surface area contributed by atoms with E-state index >= 15 is 0 Å². The van der Waals surface area contributed by atoms with Crippen molar-refractivity contribution in [3.8, 4) is 0 Å². The molecule has 0 aliphatic rings. The number of hydrogen-bond donors (Lipinski definition) is 1. The first-order chi connectivity index (χ1) is 18.6. The number of thioether (sulfide) groups is 1. The first kappa shape index (κ1) is 28.4. The quantitative estimate of drug-likeness (QED) is 0.224. The minimum Gasteiger partial charge on any atom is -0.322 e. The van der Waals surface area contributed by atoms with Crippen molar-refractivity contribution in [2.45, 2.75) is 24.1 Å². The molecule has 4 aromatic rings. The minimum atomic E-state index is -3.96. The van der Waals surface area contributed by atoms with Gasteiger partial charge >= 0.3 is 10.2 Å². The molecule has 0 saturated carbocycles. The van der Waals surface area contributed by atoms with Crippen LogP contribution < -0.4 is 9.62 Å². The lowest BCUT2D eigenvalue weighted by Crippen LogP contribution is -2.40. The first-order valence-corrected chi connectivity index (χ1v) is 14.7. The lowest BCUT2D eigenvalue weighted by Gasteiger charge is -2.27. The predicted molar refractivity (Wildman–Crippen MR) is 157 cm³/mol. The Morgan fingerprint density at radius 3 is 2.15 bits per heavy atom. The molecule has 6 nitrogen and oxygen atoms in total. The molecule has 9 heteroatoms. The standard InChI is InChI=1S/C30H30FN3O3S2/c1-22-19-24(21-38-26-9-5-4-6-10-26)15-18-28(22)32-30(35)25-16-13-23(14-17-25)20-34(39(36,37)33(2)3)29-12-8-7-11-27(29)31/h4-19H,20-21H2,1-3H3,(H,32,35). The molecule has 0 spiro atoms. The molecule has 0 heterocycles. The summed E-state index contributed by atoms with van der Waals surface area (Å²) in [7, 11) is -1.17. The van der Waals surface area contributed by atoms with Gasteiger partial charge in [0.1, 0.15) is 5.82 Å². The Morgan fingerprint density at radius 2 is 1.51 bits per heavy atom. The van der Waals surface area contributed by atoms with Gasteiger partial charge in [-0.05, 0) is 66.1 Å². The molecule has 0 bridgehead atoms. The number of carbonyl (C=O) groups excluding carboxylic acids is 1. The second-order valence-corrected chi connectivity index (χ2v) is 12.3. The van der Waals surface area contributed by atoms with Gasteiger partial charge in [-0.1, -0.05) is 54.6 Å². The third-order valence-corrected chi connectivity index (χ3v) is 8.98. The van der Waals surface area contributed by atoms with Crippen molar-refractivity contribution in [1.29, 1.82) is 0 Å². The van der Waals surface area contributed by atoms with Crippen LogP contribution in [0, 0.1) is 12.7 Å². The minimum absolute atomic E-state index is 0.0471. The smallest absolute Gasteiger partial charge is 0.303 e. The van der Waals surface area contributed by atoms with E-state index in [2.05, 4.69) is 23.5 Å². The van der Waals surface area contributed by atoms with Crippen molar-refractivity contribution in [3.63, 3.8) is 0 Å². The van der Waals surface area contributed by atoms with Crippen LogP contribution in [0.1, 0.15) is 27.0 Å². The number of para-hydroxylation sites is 1. The number of halogens is 1. The second-order valence-electron chi connectivity index (χ2n) is 9.15. The fourth-order valence-corrected chi connectivity index (χ4v) is 5.87. The number of nitrogens with one attached hydrogen (secondary N) is 1. The molecule has 202 valence electrons. The van der Waals surface area contributed by atoms with Gasteiger partial charge in [0.2, 0.25) is 0 Å². The molecule has 0 fully saturated rings. The number of amides is 1. The maximum Gasteiger partial charge on any atom is 0.303 e. The van der Waals surface area contributed by atoms with E-state index in [1.165, 1.54) is 37.2 Å². The molecule has 0 atom stereocenters. The van der Waals surface area contributed by atoms with Crippen LogP contribution in [0.4, 0.5) is 15.8 Å². The van der Waals surface area contributed by atoms with Crippen LogP contribution in [0.5, 0.6) is 0 Å². The largest absolute Gasteiger partial charge is 0.322 e. The third-order valence-electron chi connectivity index (χ3n) is 6.09. The van der Waals surface area contributed by atoms with E-state index in [0.29, 0.717) is 11.1 Å². The van der Waals surface area contributed by atoms with Gasteiger partial charge in [-0.25, -0.2) is 4.39 Å². The second kappa shape index (κ2) is 12.5. The molecule has 0 unspecified atom stereocenters. The topological polar surface area (TPSA) is 69.7 Å². The number of carbonyl (C=O) groups is 1. The Labute approximate surface area is 233 Å². The zero-order valence-corrected chi connectivity index (χ0v) is 23.6. The lowest BCUT2D eigenvalue weighted by atomic mass is 10.1. The van der Waals surface area contributed by atoms with Gasteiger partial charge in [-0.2, -0.15) is 12.7 Å². The number of rotatable bonds is 10. The Balaban J connectivity index is 1.44. The predicted octanol–water partition coefficient (Wildman–Crippen LogP) is 6.49. The van der Waals surface area contributed by atoms with Crippen LogP contribution in [0.3, 0.4) is 0 Å². The average Bonchev–Trinajstić information content (AvgIpc) is 2.93. The van der Waals surface area contributed by atoms with Crippen LogP contribution in [0.15, 0.2) is 102 Å². The fourth-order valence-electron chi connectivity index (χ4n) is 3.90. The Hall–Kier alpha value is -3.66. The van der Waals surface area contributed by atoms with E-state index in [9.17, 15) is 17.6 Å². The van der Waals surface area contributed by atoms with Gasteiger partial charge in [0.15, 0.2) is 0 Å². The third kappa shape index (κ3) is 7.06. The van der Waals surface area contributed by atoms with E-state index in [1.54, 1.807) is 42.1 Å². The lowest BCUT2D eigenvalue weighted by molar-refractivity contribution is 0.102. The van der Waals surface area contributed by atoms with E-state index in [-0.39, 0.29) is 18.1 Å². The van der Waals surface area contributed by atoms with Gasteiger partial charge in [0, 0.05) is 36.0 Å². The number of benzene rings is 4. The molecule has 1 N–H and O–H groups in total. The van der Waals surface area contributed by atoms with Crippen LogP contribution in [-0.2, 0) is 22.5 Å². The van der Waals surface area contributed by atoms with Gasteiger partial charge in [0.05, 0.1) is 12.2 Å². The monoisotopic (exact) mass is 563 g/mol. The van der Waals surface area contributed by atoms with Crippen molar-refractivity contribution in [1.82, 2.24) is 4.31 Å². The number of hydrogen-bond acceptors (Lipinski definition) is 4. The maximum atomic E-state index is 14.5. The highest BCUT2D eigenvalue weighted by molar-refractivity contribution is 7.98. The zero-order chi connectivity index (χ0) is 28.0. The molecule has 0 aliphatic heterocycles. The summed E-state index contributed by atoms with van der Waals surface area (Å²) in [6, 6.07) is 28.5. The summed E-state index contributed by atoms with van der Waals surface area (Å²) in [6.45, 7) is 1.86. The molecule has 0 aromatic heterocycles.